The van der Waals surface area contributed by atoms with Crippen LogP contribution in [0.5, 0.6) is 0 Å². The fourth-order valence-corrected chi connectivity index (χ4v) is 5.49. The van der Waals surface area contributed by atoms with E-state index in [0.717, 1.165) is 52.0 Å². The number of quaternary nitrogens is 1. The standard InChI is InChI=1S/C21H28N2O3/c1-14-4-2-3-5-17(14)13-22-8-10-23(11-9-22)20(24)18-15-6-7-16(12-15)19(18)21(25)26/h2-5,15-16,18-19H,6-13H2,1H3,(H,25,26)/t15-,16+,18-,19+/m1/s1. The molecule has 0 aromatic heterocycles. The number of carboxylic acids is 1. The number of fused-ring (bicyclic) bond motifs is 2. The minimum absolute atomic E-state index is 0.0707. The predicted molar refractivity (Wildman–Crippen MR) is 95.0 cm³/mol. The Bertz CT molecular complexity index is 696. The molecular weight excluding hydrogens is 328 g/mol. The molecule has 5 nitrogen and oxygen atoms in total. The average molecular weight is 356 g/mol. The van der Waals surface area contributed by atoms with E-state index in [1.165, 1.54) is 16.0 Å². The maximum absolute atomic E-state index is 13.0. The second-order valence-corrected chi connectivity index (χ2v) is 8.38. The van der Waals surface area contributed by atoms with Crippen LogP contribution < -0.4 is 10.0 Å². The molecule has 3 aliphatic rings. The Balaban J connectivity index is 1.36. The highest BCUT2D eigenvalue weighted by atomic mass is 16.4. The van der Waals surface area contributed by atoms with Crippen molar-refractivity contribution in [3.05, 3.63) is 35.4 Å². The Morgan fingerprint density at radius 2 is 1.77 bits per heavy atom. The first kappa shape index (κ1) is 17.5. The minimum Gasteiger partial charge on any atom is -0.550 e. The zero-order valence-electron chi connectivity index (χ0n) is 15.4. The number of aryl methyl sites for hydroxylation is 1. The van der Waals surface area contributed by atoms with Crippen LogP contribution in [-0.2, 0) is 16.1 Å². The molecule has 2 saturated carbocycles. The normalized spacial score (nSPS) is 31.3. The van der Waals surface area contributed by atoms with Gasteiger partial charge >= 0.3 is 0 Å². The van der Waals surface area contributed by atoms with Crippen molar-refractivity contribution >= 4 is 11.9 Å². The largest absolute Gasteiger partial charge is 0.550 e. The number of hydrogen-bond acceptors (Lipinski definition) is 3. The molecule has 3 fully saturated rings. The molecule has 26 heavy (non-hydrogen) atoms. The lowest BCUT2D eigenvalue weighted by atomic mass is 9.78. The van der Waals surface area contributed by atoms with Crippen LogP contribution in [0.15, 0.2) is 24.3 Å². The molecular formula is C21H28N2O3. The molecule has 2 bridgehead atoms. The van der Waals surface area contributed by atoms with E-state index in [0.29, 0.717) is 0 Å². The topological polar surface area (TPSA) is 64.9 Å². The van der Waals surface area contributed by atoms with Gasteiger partial charge in [-0.1, -0.05) is 24.3 Å². The summed E-state index contributed by atoms with van der Waals surface area (Å²) < 4.78 is 0. The number of aliphatic carboxylic acids is 1. The van der Waals surface area contributed by atoms with Gasteiger partial charge in [0.25, 0.3) is 0 Å². The maximum atomic E-state index is 13.0. The van der Waals surface area contributed by atoms with Crippen LogP contribution in [-0.4, -0.2) is 43.0 Å². The van der Waals surface area contributed by atoms with Gasteiger partial charge in [-0.05, 0) is 43.6 Å². The van der Waals surface area contributed by atoms with Crippen LogP contribution in [0.3, 0.4) is 0 Å². The molecule has 5 heteroatoms. The average Bonchev–Trinajstić information content (AvgIpc) is 3.25. The van der Waals surface area contributed by atoms with Gasteiger partial charge in [0.15, 0.2) is 0 Å². The van der Waals surface area contributed by atoms with Crippen molar-refractivity contribution in [1.82, 2.24) is 4.90 Å². The summed E-state index contributed by atoms with van der Waals surface area (Å²) in [5.41, 5.74) is 2.68. The van der Waals surface area contributed by atoms with Gasteiger partial charge < -0.3 is 19.7 Å². The fourth-order valence-electron chi connectivity index (χ4n) is 5.49. The SMILES string of the molecule is Cc1ccccc1C[NH+]1CCN(C(=O)[C@@H]2[C@@H]3CC[C@@H](C3)[C@@H]2C(=O)[O-])CC1. The molecule has 1 aromatic carbocycles. The van der Waals surface area contributed by atoms with Gasteiger partial charge in [0.1, 0.15) is 6.54 Å². The number of carboxylic acid groups (broad SMARTS) is 1. The van der Waals surface area contributed by atoms with Gasteiger partial charge in [-0.3, -0.25) is 4.79 Å². The second-order valence-electron chi connectivity index (χ2n) is 8.38. The second kappa shape index (κ2) is 7.03. The maximum Gasteiger partial charge on any atom is 0.227 e. The third-order valence-corrected chi connectivity index (χ3v) is 6.96. The first-order valence-electron chi connectivity index (χ1n) is 9.92. The monoisotopic (exact) mass is 356 g/mol. The van der Waals surface area contributed by atoms with E-state index < -0.39 is 11.9 Å². The van der Waals surface area contributed by atoms with Crippen LogP contribution >= 0.6 is 0 Å². The molecule has 1 aliphatic heterocycles. The molecule has 1 heterocycles. The smallest absolute Gasteiger partial charge is 0.227 e. The van der Waals surface area contributed by atoms with Gasteiger partial charge in [-0.25, -0.2) is 0 Å². The number of piperazine rings is 1. The molecule has 1 aromatic rings. The third kappa shape index (κ3) is 3.13. The quantitative estimate of drug-likeness (QED) is 0.801. The van der Waals surface area contributed by atoms with E-state index >= 15 is 0 Å². The summed E-state index contributed by atoms with van der Waals surface area (Å²) in [7, 11) is 0. The van der Waals surface area contributed by atoms with Crippen molar-refractivity contribution in [2.75, 3.05) is 26.2 Å². The summed E-state index contributed by atoms with van der Waals surface area (Å²) in [5.74, 6) is -1.42. The highest BCUT2D eigenvalue weighted by molar-refractivity contribution is 5.85. The number of nitrogens with zero attached hydrogens (tertiary/aromatic N) is 1. The van der Waals surface area contributed by atoms with E-state index in [2.05, 4.69) is 31.2 Å². The van der Waals surface area contributed by atoms with Gasteiger partial charge in [0.05, 0.1) is 26.2 Å². The molecule has 2 aliphatic carbocycles. The molecule has 0 radical (unpaired) electrons. The molecule has 1 saturated heterocycles. The van der Waals surface area contributed by atoms with E-state index in [9.17, 15) is 14.7 Å². The first-order valence-corrected chi connectivity index (χ1v) is 9.92. The Labute approximate surface area is 155 Å². The highest BCUT2D eigenvalue weighted by Crippen LogP contribution is 2.52. The number of hydrogen-bond donors (Lipinski definition) is 1. The Morgan fingerprint density at radius 3 is 2.42 bits per heavy atom. The van der Waals surface area contributed by atoms with Crippen LogP contribution in [0, 0.1) is 30.6 Å². The van der Waals surface area contributed by atoms with Crippen LogP contribution in [0.25, 0.3) is 0 Å². The van der Waals surface area contributed by atoms with Crippen LogP contribution in [0.4, 0.5) is 0 Å². The van der Waals surface area contributed by atoms with Crippen molar-refractivity contribution in [3.63, 3.8) is 0 Å². The highest BCUT2D eigenvalue weighted by Gasteiger charge is 2.52. The van der Waals surface area contributed by atoms with E-state index in [4.69, 9.17) is 0 Å². The lowest BCUT2D eigenvalue weighted by Crippen LogP contribution is -3.13. The summed E-state index contributed by atoms with van der Waals surface area (Å²) in [6.45, 7) is 6.45. The Hall–Kier alpha value is -1.88. The summed E-state index contributed by atoms with van der Waals surface area (Å²) >= 11 is 0. The number of amides is 1. The van der Waals surface area contributed by atoms with E-state index in [1.54, 1.807) is 0 Å². The van der Waals surface area contributed by atoms with Gasteiger partial charge in [0.2, 0.25) is 5.91 Å². The molecule has 140 valence electrons. The van der Waals surface area contributed by atoms with Crippen LogP contribution in [0.2, 0.25) is 0 Å². The van der Waals surface area contributed by atoms with Gasteiger partial charge in [-0.2, -0.15) is 0 Å². The summed E-state index contributed by atoms with van der Waals surface area (Å²) in [6.07, 6.45) is 2.85. The summed E-state index contributed by atoms with van der Waals surface area (Å²) in [5, 5.41) is 11.6. The number of nitrogens with one attached hydrogen (secondary N) is 1. The van der Waals surface area contributed by atoms with E-state index in [-0.39, 0.29) is 23.7 Å². The molecule has 1 amide bonds. The van der Waals surface area contributed by atoms with Crippen molar-refractivity contribution in [2.45, 2.75) is 32.7 Å². The van der Waals surface area contributed by atoms with Crippen molar-refractivity contribution in [3.8, 4) is 0 Å². The lowest BCUT2D eigenvalue weighted by molar-refractivity contribution is -0.917. The van der Waals surface area contributed by atoms with Gasteiger partial charge in [0, 0.05) is 23.4 Å². The van der Waals surface area contributed by atoms with Crippen molar-refractivity contribution < 1.29 is 19.6 Å². The number of carbonyl (C=O) groups excluding carboxylic acids is 2. The molecule has 1 N–H and O–H groups in total. The molecule has 4 rings (SSSR count). The Morgan fingerprint density at radius 1 is 1.12 bits per heavy atom. The first-order chi connectivity index (χ1) is 12.5. The third-order valence-electron chi connectivity index (χ3n) is 6.96. The van der Waals surface area contributed by atoms with Crippen molar-refractivity contribution in [2.24, 2.45) is 23.7 Å². The lowest BCUT2D eigenvalue weighted by Gasteiger charge is -2.38. The number of benzene rings is 1. The minimum atomic E-state index is -1.01. The van der Waals surface area contributed by atoms with Crippen LogP contribution in [0.1, 0.15) is 30.4 Å². The molecule has 0 spiro atoms. The Kier molecular flexibility index (Phi) is 4.74. The predicted octanol–water partition coefficient (Wildman–Crippen LogP) is -0.366. The molecule has 0 unspecified atom stereocenters. The fraction of sp³-hybridized carbons (Fsp3) is 0.619. The zero-order valence-corrected chi connectivity index (χ0v) is 15.4. The summed E-state index contributed by atoms with van der Waals surface area (Å²) in [4.78, 5) is 28.1. The van der Waals surface area contributed by atoms with Crippen molar-refractivity contribution in [1.29, 1.82) is 0 Å². The molecule has 4 atom stereocenters. The summed E-state index contributed by atoms with van der Waals surface area (Å²) in [6, 6.07) is 8.47. The van der Waals surface area contributed by atoms with Gasteiger partial charge in [-0.15, -0.1) is 0 Å². The number of rotatable bonds is 4. The zero-order chi connectivity index (χ0) is 18.3. The van der Waals surface area contributed by atoms with E-state index in [1.807, 2.05) is 4.90 Å². The number of carbonyl (C=O) groups is 2.